The first-order chi connectivity index (χ1) is 14.0. The lowest BCUT2D eigenvalue weighted by atomic mass is 9.69. The quantitative estimate of drug-likeness (QED) is 0.747. The summed E-state index contributed by atoms with van der Waals surface area (Å²) in [6.45, 7) is 4.08. The third kappa shape index (κ3) is 3.49. The Hall–Kier alpha value is -2.85. The Kier molecular flexibility index (Phi) is 5.29. The van der Waals surface area contributed by atoms with E-state index in [1.54, 1.807) is 6.07 Å². The maximum absolute atomic E-state index is 13.3. The molecule has 0 bridgehead atoms. The van der Waals surface area contributed by atoms with Crippen LogP contribution < -0.4 is 5.32 Å². The molecule has 5 heteroatoms. The van der Waals surface area contributed by atoms with Crippen LogP contribution in [0.4, 0.5) is 0 Å². The summed E-state index contributed by atoms with van der Waals surface area (Å²) >= 11 is 6.49. The van der Waals surface area contributed by atoms with Gasteiger partial charge in [0.2, 0.25) is 0 Å². The predicted molar refractivity (Wildman–Crippen MR) is 112 cm³/mol. The van der Waals surface area contributed by atoms with Gasteiger partial charge in [-0.25, -0.2) is 0 Å². The third-order valence-electron chi connectivity index (χ3n) is 5.81. The number of ketones is 1. The molecule has 4 nitrogen and oxygen atoms in total. The molecule has 1 aliphatic carbocycles. The lowest BCUT2D eigenvalue weighted by Crippen LogP contribution is -2.42. The van der Waals surface area contributed by atoms with Crippen molar-refractivity contribution < 1.29 is 14.3 Å². The first-order valence-corrected chi connectivity index (χ1v) is 9.98. The highest BCUT2D eigenvalue weighted by atomic mass is 35.5. The number of esters is 1. The zero-order valence-corrected chi connectivity index (χ0v) is 16.9. The molecule has 2 aromatic carbocycles. The number of ether oxygens (including phenoxy) is 1. The van der Waals surface area contributed by atoms with Gasteiger partial charge in [0.05, 0.1) is 7.11 Å². The van der Waals surface area contributed by atoms with E-state index in [1.165, 1.54) is 7.11 Å². The Morgan fingerprint density at radius 2 is 1.79 bits per heavy atom. The number of benzene rings is 2. The monoisotopic (exact) mass is 407 g/mol. The third-order valence-corrected chi connectivity index (χ3v) is 6.15. The molecule has 0 saturated carbocycles. The topological polar surface area (TPSA) is 55.4 Å². The molecule has 3 atom stereocenters. The van der Waals surface area contributed by atoms with E-state index >= 15 is 0 Å². The molecule has 2 aromatic rings. The van der Waals surface area contributed by atoms with Crippen molar-refractivity contribution in [3.05, 3.63) is 94.3 Å². The van der Waals surface area contributed by atoms with Gasteiger partial charge in [0, 0.05) is 34.3 Å². The highest BCUT2D eigenvalue weighted by Gasteiger charge is 2.45. The second kappa shape index (κ2) is 7.88. The van der Waals surface area contributed by atoms with E-state index in [2.05, 4.69) is 11.9 Å². The van der Waals surface area contributed by atoms with Crippen molar-refractivity contribution in [2.45, 2.75) is 24.7 Å². The lowest BCUT2D eigenvalue weighted by molar-refractivity contribution is -0.144. The van der Waals surface area contributed by atoms with Gasteiger partial charge in [0.25, 0.3) is 0 Å². The highest BCUT2D eigenvalue weighted by molar-refractivity contribution is 6.31. The summed E-state index contributed by atoms with van der Waals surface area (Å²) < 4.78 is 5.04. The standard InChI is InChI=1S/C24H22ClNO3/c1-14-21(24(28)29-2)22(17-10-6-7-11-18(17)25)23-19(26-14)12-16(13-20(23)27)15-8-4-3-5-9-15/h3-11,16,21-22,26H,1,12-13H2,2H3. The van der Waals surface area contributed by atoms with Crippen molar-refractivity contribution in [3.63, 3.8) is 0 Å². The van der Waals surface area contributed by atoms with E-state index in [4.69, 9.17) is 16.3 Å². The van der Waals surface area contributed by atoms with Gasteiger partial charge >= 0.3 is 5.97 Å². The van der Waals surface area contributed by atoms with Crippen molar-refractivity contribution in [1.82, 2.24) is 5.32 Å². The van der Waals surface area contributed by atoms with Crippen LogP contribution in [0.1, 0.15) is 35.8 Å². The fraction of sp³-hybridized carbons (Fsp3) is 0.250. The summed E-state index contributed by atoms with van der Waals surface area (Å²) in [6, 6.07) is 17.4. The molecule has 0 spiro atoms. The number of allylic oxidation sites excluding steroid dienone is 2. The molecule has 1 heterocycles. The summed E-state index contributed by atoms with van der Waals surface area (Å²) in [7, 11) is 1.34. The fourth-order valence-electron chi connectivity index (χ4n) is 4.48. The van der Waals surface area contributed by atoms with Crippen molar-refractivity contribution in [2.24, 2.45) is 5.92 Å². The molecular weight excluding hydrogens is 386 g/mol. The molecule has 2 aliphatic rings. The molecule has 1 aliphatic heterocycles. The number of methoxy groups -OCH3 is 1. The molecule has 0 aromatic heterocycles. The summed E-state index contributed by atoms with van der Waals surface area (Å²) in [5.41, 5.74) is 3.84. The van der Waals surface area contributed by atoms with Gasteiger partial charge in [0.1, 0.15) is 5.92 Å². The van der Waals surface area contributed by atoms with E-state index in [-0.39, 0.29) is 11.7 Å². The van der Waals surface area contributed by atoms with Gasteiger partial charge < -0.3 is 10.1 Å². The molecule has 148 valence electrons. The van der Waals surface area contributed by atoms with Gasteiger partial charge in [-0.2, -0.15) is 0 Å². The van der Waals surface area contributed by atoms with Crippen LogP contribution in [0, 0.1) is 5.92 Å². The van der Waals surface area contributed by atoms with Gasteiger partial charge in [0.15, 0.2) is 5.78 Å². The number of nitrogens with one attached hydrogen (secondary N) is 1. The molecule has 0 fully saturated rings. The minimum Gasteiger partial charge on any atom is -0.468 e. The summed E-state index contributed by atoms with van der Waals surface area (Å²) in [5.74, 6) is -1.54. The van der Waals surface area contributed by atoms with Crippen LogP contribution in [0.2, 0.25) is 5.02 Å². The van der Waals surface area contributed by atoms with Gasteiger partial charge in [-0.3, -0.25) is 9.59 Å². The van der Waals surface area contributed by atoms with Crippen LogP contribution in [-0.2, 0) is 14.3 Å². The van der Waals surface area contributed by atoms with Crippen LogP contribution in [0.25, 0.3) is 0 Å². The number of rotatable bonds is 3. The molecule has 3 unspecified atom stereocenters. The van der Waals surface area contributed by atoms with Crippen molar-refractivity contribution in [3.8, 4) is 0 Å². The number of hydrogen-bond acceptors (Lipinski definition) is 4. The van der Waals surface area contributed by atoms with Crippen molar-refractivity contribution >= 4 is 23.4 Å². The smallest absolute Gasteiger partial charge is 0.315 e. The maximum Gasteiger partial charge on any atom is 0.315 e. The highest BCUT2D eigenvalue weighted by Crippen LogP contribution is 2.48. The Morgan fingerprint density at radius 1 is 1.10 bits per heavy atom. The fourth-order valence-corrected chi connectivity index (χ4v) is 4.73. The number of carbonyl (C=O) groups is 2. The first-order valence-electron chi connectivity index (χ1n) is 9.60. The van der Waals surface area contributed by atoms with E-state index < -0.39 is 17.8 Å². The van der Waals surface area contributed by atoms with Gasteiger partial charge in [-0.15, -0.1) is 0 Å². The number of Topliss-reactive ketones (excluding diaryl/α,β-unsaturated/α-hetero) is 1. The molecule has 4 rings (SSSR count). The molecule has 29 heavy (non-hydrogen) atoms. The van der Waals surface area contributed by atoms with E-state index in [1.807, 2.05) is 48.5 Å². The first kappa shape index (κ1) is 19.5. The summed E-state index contributed by atoms with van der Waals surface area (Å²) in [5, 5.41) is 3.77. The second-order valence-corrected chi connectivity index (χ2v) is 7.89. The molecule has 1 N–H and O–H groups in total. The van der Waals surface area contributed by atoms with Crippen LogP contribution >= 0.6 is 11.6 Å². The van der Waals surface area contributed by atoms with E-state index in [0.717, 1.165) is 16.8 Å². The minimum absolute atomic E-state index is 0.0268. The molecule has 0 radical (unpaired) electrons. The molecule has 0 saturated heterocycles. The Labute approximate surface area is 175 Å². The minimum atomic E-state index is -0.712. The number of hydrogen-bond donors (Lipinski definition) is 1. The second-order valence-electron chi connectivity index (χ2n) is 7.48. The SMILES string of the molecule is C=C1NC2=C(C(=O)CC(c3ccccc3)C2)C(c2ccccc2Cl)C1C(=O)OC. The normalized spacial score (nSPS) is 24.0. The Bertz CT molecular complexity index is 1010. The van der Waals surface area contributed by atoms with Crippen LogP contribution in [-0.4, -0.2) is 18.9 Å². The molecular formula is C24H22ClNO3. The van der Waals surface area contributed by atoms with E-state index in [0.29, 0.717) is 29.1 Å². The number of carbonyl (C=O) groups excluding carboxylic acids is 2. The molecule has 0 amide bonds. The average molecular weight is 408 g/mol. The van der Waals surface area contributed by atoms with Crippen LogP contribution in [0.5, 0.6) is 0 Å². The largest absolute Gasteiger partial charge is 0.468 e. The maximum atomic E-state index is 13.3. The lowest BCUT2D eigenvalue weighted by Gasteiger charge is -2.40. The predicted octanol–water partition coefficient (Wildman–Crippen LogP) is 4.73. The Balaban J connectivity index is 1.83. The zero-order chi connectivity index (χ0) is 20.5. The van der Waals surface area contributed by atoms with Crippen molar-refractivity contribution in [1.29, 1.82) is 0 Å². The Morgan fingerprint density at radius 3 is 2.48 bits per heavy atom. The van der Waals surface area contributed by atoms with Crippen molar-refractivity contribution in [2.75, 3.05) is 7.11 Å². The summed E-state index contributed by atoms with van der Waals surface area (Å²) in [6.07, 6.45) is 1.07. The summed E-state index contributed by atoms with van der Waals surface area (Å²) in [4.78, 5) is 26.0. The zero-order valence-electron chi connectivity index (χ0n) is 16.2. The van der Waals surface area contributed by atoms with Gasteiger partial charge in [-0.1, -0.05) is 66.7 Å². The van der Waals surface area contributed by atoms with Crippen LogP contribution in [0.3, 0.4) is 0 Å². The van der Waals surface area contributed by atoms with E-state index in [9.17, 15) is 9.59 Å². The van der Waals surface area contributed by atoms with Gasteiger partial charge in [-0.05, 0) is 29.5 Å². The average Bonchev–Trinajstić information content (AvgIpc) is 2.73. The number of halogens is 1. The van der Waals surface area contributed by atoms with Crippen LogP contribution in [0.15, 0.2) is 78.1 Å².